The summed E-state index contributed by atoms with van der Waals surface area (Å²) in [6.07, 6.45) is -2.93. The van der Waals surface area contributed by atoms with Crippen LogP contribution in [0.3, 0.4) is 0 Å². The van der Waals surface area contributed by atoms with Crippen molar-refractivity contribution in [2.45, 2.75) is 18.5 Å². The topological polar surface area (TPSA) is 87.6 Å². The van der Waals surface area contributed by atoms with Gasteiger partial charge >= 0.3 is 6.18 Å². The van der Waals surface area contributed by atoms with Crippen LogP contribution in [0.2, 0.25) is 0 Å². The van der Waals surface area contributed by atoms with Gasteiger partial charge in [-0.05, 0) is 23.8 Å². The summed E-state index contributed by atoms with van der Waals surface area (Å²) >= 11 is 0. The van der Waals surface area contributed by atoms with Crippen molar-refractivity contribution in [1.29, 1.82) is 0 Å². The maximum atomic E-state index is 13.0. The Bertz CT molecular complexity index is 917. The number of fused-ring (bicyclic) bond motifs is 1. The number of aromatic nitrogens is 1. The number of aliphatic imine (C=N–C) groups is 1. The molecule has 0 radical (unpaired) electrons. The van der Waals surface area contributed by atoms with E-state index < -0.39 is 17.6 Å². The third-order valence-electron chi connectivity index (χ3n) is 4.56. The number of benzene rings is 1. The number of guanidine groups is 1. The van der Waals surface area contributed by atoms with Crippen LogP contribution in [0.4, 0.5) is 18.9 Å². The van der Waals surface area contributed by atoms with E-state index in [0.29, 0.717) is 18.9 Å². The lowest BCUT2D eigenvalue weighted by molar-refractivity contribution is -0.139. The second kappa shape index (κ2) is 9.47. The van der Waals surface area contributed by atoms with E-state index in [-0.39, 0.29) is 25.0 Å². The number of alkyl halides is 3. The Labute approximate surface area is 171 Å². The van der Waals surface area contributed by atoms with Crippen molar-refractivity contribution in [3.05, 3.63) is 53.7 Å². The van der Waals surface area contributed by atoms with E-state index in [0.717, 1.165) is 17.3 Å². The van der Waals surface area contributed by atoms with Gasteiger partial charge in [0.15, 0.2) is 5.96 Å². The normalized spacial score (nSPS) is 16.5. The first-order valence-corrected chi connectivity index (χ1v) is 9.37. The summed E-state index contributed by atoms with van der Waals surface area (Å²) in [5, 5.41) is 8.97. The Hall–Kier alpha value is -3.30. The van der Waals surface area contributed by atoms with Crippen LogP contribution in [0, 0.1) is 0 Å². The van der Waals surface area contributed by atoms with E-state index in [1.807, 2.05) is 24.3 Å². The fourth-order valence-corrected chi connectivity index (χ4v) is 3.16. The van der Waals surface area contributed by atoms with Gasteiger partial charge in [0, 0.05) is 37.8 Å². The molecule has 1 aliphatic rings. The highest BCUT2D eigenvalue weighted by Crippen LogP contribution is 2.34. The predicted molar refractivity (Wildman–Crippen MR) is 107 cm³/mol. The molecule has 1 aromatic carbocycles. The van der Waals surface area contributed by atoms with E-state index in [9.17, 15) is 18.0 Å². The van der Waals surface area contributed by atoms with Crippen molar-refractivity contribution < 1.29 is 22.7 Å². The molecule has 10 heteroatoms. The second-order valence-electron chi connectivity index (χ2n) is 6.62. The van der Waals surface area contributed by atoms with Crippen LogP contribution in [0.15, 0.2) is 47.6 Å². The number of amides is 1. The minimum absolute atomic E-state index is 0.0207. The molecule has 1 aromatic heterocycles. The van der Waals surface area contributed by atoms with E-state index in [2.05, 4.69) is 25.9 Å². The lowest BCUT2D eigenvalue weighted by atomic mass is 9.90. The summed E-state index contributed by atoms with van der Waals surface area (Å²) in [6.45, 7) is 0.661. The molecule has 2 heterocycles. The number of carbonyl (C=O) groups is 1. The Balaban J connectivity index is 1.49. The molecule has 0 bridgehead atoms. The van der Waals surface area contributed by atoms with Crippen LogP contribution in [0.1, 0.15) is 23.5 Å². The first-order valence-electron chi connectivity index (χ1n) is 9.37. The fourth-order valence-electron chi connectivity index (χ4n) is 3.16. The molecule has 160 valence electrons. The Morgan fingerprint density at radius 1 is 1.27 bits per heavy atom. The van der Waals surface area contributed by atoms with E-state index >= 15 is 0 Å². The first-order chi connectivity index (χ1) is 14.4. The van der Waals surface area contributed by atoms with Crippen LogP contribution in [-0.4, -0.2) is 43.6 Å². The summed E-state index contributed by atoms with van der Waals surface area (Å²) in [4.78, 5) is 19.7. The number of anilines is 1. The lowest BCUT2D eigenvalue weighted by Crippen LogP contribution is -2.42. The maximum Gasteiger partial charge on any atom is 0.421 e. The number of hydrogen-bond acceptors (Lipinski definition) is 4. The number of nitrogens with zero attached hydrogens (tertiary/aromatic N) is 2. The van der Waals surface area contributed by atoms with Gasteiger partial charge in [0.05, 0.1) is 6.54 Å². The Kier molecular flexibility index (Phi) is 6.76. The van der Waals surface area contributed by atoms with Gasteiger partial charge < -0.3 is 20.7 Å². The molecule has 3 N–H and O–H groups in total. The maximum absolute atomic E-state index is 13.0. The molecule has 1 atom stereocenters. The first kappa shape index (κ1) is 21.4. The van der Waals surface area contributed by atoms with Crippen molar-refractivity contribution in [1.82, 2.24) is 15.6 Å². The Morgan fingerprint density at radius 2 is 2.07 bits per heavy atom. The molecule has 1 aliphatic heterocycles. The number of nitrogens with one attached hydrogen (secondary N) is 3. The van der Waals surface area contributed by atoms with Gasteiger partial charge in [-0.25, -0.2) is 4.98 Å². The molecule has 1 unspecified atom stereocenters. The van der Waals surface area contributed by atoms with Crippen molar-refractivity contribution in [3.8, 4) is 5.88 Å². The van der Waals surface area contributed by atoms with Crippen LogP contribution in [-0.2, 0) is 11.0 Å². The highest BCUT2D eigenvalue weighted by Gasteiger charge is 2.35. The molecule has 0 aliphatic carbocycles. The minimum atomic E-state index is -4.53. The average Bonchev–Trinajstić information content (AvgIpc) is 2.72. The van der Waals surface area contributed by atoms with Crippen LogP contribution in [0.5, 0.6) is 5.88 Å². The molecule has 0 fully saturated rings. The number of para-hydroxylation sites is 1. The van der Waals surface area contributed by atoms with Gasteiger partial charge in [-0.15, -0.1) is 0 Å². The second-order valence-corrected chi connectivity index (χ2v) is 6.62. The number of pyridine rings is 1. The zero-order valence-corrected chi connectivity index (χ0v) is 16.3. The number of ether oxygens (including phenoxy) is 1. The number of carbonyl (C=O) groups excluding carboxylic acids is 1. The van der Waals surface area contributed by atoms with Crippen molar-refractivity contribution >= 4 is 17.6 Å². The van der Waals surface area contributed by atoms with Crippen molar-refractivity contribution in [2.75, 3.05) is 32.1 Å². The Morgan fingerprint density at radius 3 is 2.83 bits per heavy atom. The summed E-state index contributed by atoms with van der Waals surface area (Å²) in [5.41, 5.74) is 0.924. The molecule has 1 amide bonds. The summed E-state index contributed by atoms with van der Waals surface area (Å²) < 4.78 is 44.1. The van der Waals surface area contributed by atoms with E-state index in [1.54, 1.807) is 7.05 Å². The van der Waals surface area contributed by atoms with Gasteiger partial charge in [-0.2, -0.15) is 13.2 Å². The standard InChI is InChI=1S/C20H22F3N5O2/c1-24-19(26-9-10-30-18-15(20(21,22)23)6-4-8-25-18)27-12-13-11-17(29)28-16-7-3-2-5-14(13)16/h2-8,13H,9-12H2,1H3,(H,28,29)(H2,24,26,27). The third kappa shape index (κ3) is 5.40. The highest BCUT2D eigenvalue weighted by atomic mass is 19.4. The molecule has 2 aromatic rings. The molecule has 30 heavy (non-hydrogen) atoms. The van der Waals surface area contributed by atoms with Gasteiger partial charge in [0.2, 0.25) is 11.8 Å². The van der Waals surface area contributed by atoms with Crippen LogP contribution < -0.4 is 20.7 Å². The smallest absolute Gasteiger partial charge is 0.421 e. The van der Waals surface area contributed by atoms with E-state index in [4.69, 9.17) is 4.74 Å². The molecule has 0 spiro atoms. The summed E-state index contributed by atoms with van der Waals surface area (Å²) in [6, 6.07) is 9.74. The molecule has 3 rings (SSSR count). The SMILES string of the molecule is CN=C(NCCOc1ncccc1C(F)(F)F)NCC1CC(=O)Nc2ccccc21. The van der Waals surface area contributed by atoms with Gasteiger partial charge in [0.1, 0.15) is 12.2 Å². The van der Waals surface area contributed by atoms with Crippen molar-refractivity contribution in [3.63, 3.8) is 0 Å². The molecule has 7 nitrogen and oxygen atoms in total. The van der Waals surface area contributed by atoms with Crippen molar-refractivity contribution in [2.24, 2.45) is 4.99 Å². The number of halogens is 3. The quantitative estimate of drug-likeness (QED) is 0.379. The minimum Gasteiger partial charge on any atom is -0.475 e. The number of hydrogen-bond donors (Lipinski definition) is 3. The number of rotatable bonds is 6. The molecular formula is C20H22F3N5O2. The van der Waals surface area contributed by atoms with Gasteiger partial charge in [-0.3, -0.25) is 9.79 Å². The zero-order valence-electron chi connectivity index (χ0n) is 16.3. The highest BCUT2D eigenvalue weighted by molar-refractivity contribution is 5.94. The molecule has 0 saturated heterocycles. The predicted octanol–water partition coefficient (Wildman–Crippen LogP) is 2.77. The van der Waals surface area contributed by atoms with Gasteiger partial charge in [0.25, 0.3) is 0 Å². The molecule has 0 saturated carbocycles. The van der Waals surface area contributed by atoms with Crippen LogP contribution >= 0.6 is 0 Å². The van der Waals surface area contributed by atoms with Gasteiger partial charge in [-0.1, -0.05) is 18.2 Å². The fraction of sp³-hybridized carbons (Fsp3) is 0.350. The monoisotopic (exact) mass is 421 g/mol. The summed E-state index contributed by atoms with van der Waals surface area (Å²) in [5.74, 6) is -0.0704. The summed E-state index contributed by atoms with van der Waals surface area (Å²) in [7, 11) is 1.58. The largest absolute Gasteiger partial charge is 0.475 e. The van der Waals surface area contributed by atoms with Crippen LogP contribution in [0.25, 0.3) is 0 Å². The lowest BCUT2D eigenvalue weighted by Gasteiger charge is -2.26. The molecular weight excluding hydrogens is 399 g/mol. The third-order valence-corrected chi connectivity index (χ3v) is 4.56. The van der Waals surface area contributed by atoms with E-state index in [1.165, 1.54) is 12.3 Å². The average molecular weight is 421 g/mol. The zero-order chi connectivity index (χ0) is 21.6.